The van der Waals surface area contributed by atoms with E-state index in [4.69, 9.17) is 27.9 Å². The lowest BCUT2D eigenvalue weighted by Crippen LogP contribution is -2.31. The Balaban J connectivity index is 2.05. The van der Waals surface area contributed by atoms with Crippen molar-refractivity contribution < 1.29 is 9.13 Å². The van der Waals surface area contributed by atoms with E-state index in [-0.39, 0.29) is 10.0 Å². The predicted octanol–water partition coefficient (Wildman–Crippen LogP) is 4.50. The summed E-state index contributed by atoms with van der Waals surface area (Å²) in [6.07, 6.45) is 4.54. The van der Waals surface area contributed by atoms with Crippen molar-refractivity contribution in [3.05, 3.63) is 28.0 Å². The maximum Gasteiger partial charge on any atom is 0.160 e. The molecule has 0 bridgehead atoms. The maximum absolute atomic E-state index is 13.3. The fourth-order valence-electron chi connectivity index (χ4n) is 2.36. The standard InChI is InChI=1S/C13H16Cl2FNO/c1-18-10-4-2-3-8(5-10)17-9-6-11(14)13(16)12(15)7-9/h6-8,10,17H,2-5H2,1H3. The lowest BCUT2D eigenvalue weighted by atomic mass is 9.92. The zero-order valence-corrected chi connectivity index (χ0v) is 11.7. The molecule has 100 valence electrons. The topological polar surface area (TPSA) is 21.3 Å². The number of methoxy groups -OCH3 is 1. The minimum atomic E-state index is -0.567. The molecule has 1 fully saturated rings. The zero-order valence-electron chi connectivity index (χ0n) is 10.2. The smallest absolute Gasteiger partial charge is 0.160 e. The first-order chi connectivity index (χ1) is 8.60. The SMILES string of the molecule is COC1CCCC(Nc2cc(Cl)c(F)c(Cl)c2)C1. The van der Waals surface area contributed by atoms with E-state index in [1.807, 2.05) is 0 Å². The lowest BCUT2D eigenvalue weighted by Gasteiger charge is -2.29. The molecule has 0 heterocycles. The Kier molecular flexibility index (Phi) is 4.71. The number of anilines is 1. The van der Waals surface area contributed by atoms with Crippen LogP contribution in [0.4, 0.5) is 10.1 Å². The molecule has 1 aliphatic rings. The second-order valence-electron chi connectivity index (χ2n) is 4.62. The van der Waals surface area contributed by atoms with Gasteiger partial charge in [-0.3, -0.25) is 0 Å². The van der Waals surface area contributed by atoms with Crippen LogP contribution in [0.25, 0.3) is 0 Å². The van der Waals surface area contributed by atoms with Gasteiger partial charge in [0.15, 0.2) is 5.82 Å². The Morgan fingerprint density at radius 1 is 1.28 bits per heavy atom. The minimum absolute atomic E-state index is 0.0455. The molecular weight excluding hydrogens is 276 g/mol. The van der Waals surface area contributed by atoms with Crippen molar-refractivity contribution in [2.24, 2.45) is 0 Å². The molecule has 1 aromatic rings. The van der Waals surface area contributed by atoms with Crippen LogP contribution >= 0.6 is 23.2 Å². The largest absolute Gasteiger partial charge is 0.382 e. The van der Waals surface area contributed by atoms with Crippen LogP contribution in [0.1, 0.15) is 25.7 Å². The highest BCUT2D eigenvalue weighted by atomic mass is 35.5. The summed E-state index contributed by atoms with van der Waals surface area (Å²) < 4.78 is 18.7. The molecule has 1 N–H and O–H groups in total. The number of hydrogen-bond acceptors (Lipinski definition) is 2. The molecule has 0 radical (unpaired) electrons. The summed E-state index contributed by atoms with van der Waals surface area (Å²) in [5, 5.41) is 3.43. The van der Waals surface area contributed by atoms with Gasteiger partial charge in [-0.25, -0.2) is 4.39 Å². The number of benzene rings is 1. The summed E-state index contributed by atoms with van der Waals surface area (Å²) in [5.41, 5.74) is 0.758. The number of hydrogen-bond donors (Lipinski definition) is 1. The lowest BCUT2D eigenvalue weighted by molar-refractivity contribution is 0.0669. The highest BCUT2D eigenvalue weighted by Crippen LogP contribution is 2.30. The Labute approximate surface area is 116 Å². The fraction of sp³-hybridized carbons (Fsp3) is 0.538. The van der Waals surface area contributed by atoms with E-state index in [0.29, 0.717) is 12.1 Å². The van der Waals surface area contributed by atoms with Crippen molar-refractivity contribution in [3.63, 3.8) is 0 Å². The molecule has 0 aromatic heterocycles. The van der Waals surface area contributed by atoms with Gasteiger partial charge in [-0.2, -0.15) is 0 Å². The van der Waals surface area contributed by atoms with E-state index < -0.39 is 5.82 Å². The van der Waals surface area contributed by atoms with Crippen LogP contribution in [0.15, 0.2) is 12.1 Å². The van der Waals surface area contributed by atoms with Crippen LogP contribution in [0, 0.1) is 5.82 Å². The third kappa shape index (κ3) is 3.28. The quantitative estimate of drug-likeness (QED) is 0.828. The second kappa shape index (κ2) is 6.09. The highest BCUT2D eigenvalue weighted by Gasteiger charge is 2.21. The van der Waals surface area contributed by atoms with Gasteiger partial charge in [-0.05, 0) is 37.8 Å². The van der Waals surface area contributed by atoms with E-state index in [1.165, 1.54) is 0 Å². The third-order valence-corrected chi connectivity index (χ3v) is 3.86. The van der Waals surface area contributed by atoms with Gasteiger partial charge in [0.1, 0.15) is 0 Å². The second-order valence-corrected chi connectivity index (χ2v) is 5.43. The van der Waals surface area contributed by atoms with Crippen LogP contribution in [0.5, 0.6) is 0 Å². The Morgan fingerprint density at radius 3 is 2.56 bits per heavy atom. The van der Waals surface area contributed by atoms with Crippen LogP contribution in [-0.4, -0.2) is 19.3 Å². The van der Waals surface area contributed by atoms with Crippen LogP contribution < -0.4 is 5.32 Å². The Morgan fingerprint density at radius 2 is 1.94 bits per heavy atom. The molecule has 0 aliphatic heterocycles. The minimum Gasteiger partial charge on any atom is -0.382 e. The van der Waals surface area contributed by atoms with Gasteiger partial charge in [0.25, 0.3) is 0 Å². The first-order valence-corrected chi connectivity index (χ1v) is 6.79. The molecule has 2 nitrogen and oxygen atoms in total. The fourth-order valence-corrected chi connectivity index (χ4v) is 2.85. The van der Waals surface area contributed by atoms with Gasteiger partial charge in [-0.1, -0.05) is 23.2 Å². The van der Waals surface area contributed by atoms with Gasteiger partial charge in [0.2, 0.25) is 0 Å². The molecule has 0 amide bonds. The van der Waals surface area contributed by atoms with Gasteiger partial charge in [0, 0.05) is 18.8 Å². The van der Waals surface area contributed by atoms with Crippen LogP contribution in [0.2, 0.25) is 10.0 Å². The van der Waals surface area contributed by atoms with Crippen molar-refractivity contribution in [1.82, 2.24) is 0 Å². The van der Waals surface area contributed by atoms with Gasteiger partial charge >= 0.3 is 0 Å². The average molecular weight is 292 g/mol. The first kappa shape index (κ1) is 13.9. The zero-order chi connectivity index (χ0) is 13.1. The molecule has 5 heteroatoms. The first-order valence-electron chi connectivity index (χ1n) is 6.04. The predicted molar refractivity (Wildman–Crippen MR) is 73.1 cm³/mol. The molecule has 2 unspecified atom stereocenters. The van der Waals surface area contributed by atoms with Crippen LogP contribution in [-0.2, 0) is 4.74 Å². The van der Waals surface area contributed by atoms with E-state index in [0.717, 1.165) is 31.4 Å². The van der Waals surface area contributed by atoms with Crippen molar-refractivity contribution >= 4 is 28.9 Å². The van der Waals surface area contributed by atoms with Crippen molar-refractivity contribution in [3.8, 4) is 0 Å². The molecular formula is C13H16Cl2FNO. The molecule has 0 spiro atoms. The number of halogens is 3. The summed E-state index contributed by atoms with van der Waals surface area (Å²) in [5.74, 6) is -0.567. The normalized spacial score (nSPS) is 24.0. The summed E-state index contributed by atoms with van der Waals surface area (Å²) in [4.78, 5) is 0. The average Bonchev–Trinajstić information content (AvgIpc) is 2.36. The molecule has 1 aliphatic carbocycles. The van der Waals surface area contributed by atoms with Gasteiger partial charge < -0.3 is 10.1 Å². The van der Waals surface area contributed by atoms with E-state index in [9.17, 15) is 4.39 Å². The Bertz CT molecular complexity index is 404. The van der Waals surface area contributed by atoms with E-state index in [1.54, 1.807) is 19.2 Å². The van der Waals surface area contributed by atoms with E-state index >= 15 is 0 Å². The van der Waals surface area contributed by atoms with Crippen molar-refractivity contribution in [2.45, 2.75) is 37.8 Å². The molecule has 18 heavy (non-hydrogen) atoms. The molecule has 1 saturated carbocycles. The number of nitrogens with one attached hydrogen (secondary N) is 1. The van der Waals surface area contributed by atoms with Gasteiger partial charge in [-0.15, -0.1) is 0 Å². The van der Waals surface area contributed by atoms with Gasteiger partial charge in [0.05, 0.1) is 16.1 Å². The number of rotatable bonds is 3. The highest BCUT2D eigenvalue weighted by molar-refractivity contribution is 6.35. The Hall–Kier alpha value is -0.510. The third-order valence-electron chi connectivity index (χ3n) is 3.31. The molecule has 1 aromatic carbocycles. The summed E-state index contributed by atoms with van der Waals surface area (Å²) in [6.45, 7) is 0. The maximum atomic E-state index is 13.3. The van der Waals surface area contributed by atoms with Crippen molar-refractivity contribution in [2.75, 3.05) is 12.4 Å². The molecule has 2 atom stereocenters. The summed E-state index contributed by atoms with van der Waals surface area (Å²) in [6, 6.07) is 3.46. The van der Waals surface area contributed by atoms with E-state index in [2.05, 4.69) is 5.32 Å². The van der Waals surface area contributed by atoms with Crippen LogP contribution in [0.3, 0.4) is 0 Å². The number of ether oxygens (including phenoxy) is 1. The molecule has 2 rings (SSSR count). The van der Waals surface area contributed by atoms with Crippen molar-refractivity contribution in [1.29, 1.82) is 0 Å². The molecule has 0 saturated heterocycles. The summed E-state index contributed by atoms with van der Waals surface area (Å²) >= 11 is 11.5. The summed E-state index contributed by atoms with van der Waals surface area (Å²) in [7, 11) is 1.73. The monoisotopic (exact) mass is 291 g/mol.